The first kappa shape index (κ1) is 16.5. The van der Waals surface area contributed by atoms with Crippen LogP contribution in [0.5, 0.6) is 0 Å². The quantitative estimate of drug-likeness (QED) is 0.846. The lowest BCUT2D eigenvalue weighted by Gasteiger charge is -2.17. The van der Waals surface area contributed by atoms with Gasteiger partial charge in [0.2, 0.25) is 0 Å². The van der Waals surface area contributed by atoms with Crippen molar-refractivity contribution in [1.82, 2.24) is 4.90 Å². The number of aromatic carboxylic acids is 1. The fourth-order valence-electron chi connectivity index (χ4n) is 3.17. The second kappa shape index (κ2) is 7.49. The Morgan fingerprint density at radius 1 is 1.12 bits per heavy atom. The van der Waals surface area contributed by atoms with Crippen LogP contribution in [-0.2, 0) is 13.1 Å². The van der Waals surface area contributed by atoms with Crippen LogP contribution in [0, 0.1) is 6.92 Å². The smallest absolute Gasteiger partial charge is 0.335 e. The molecule has 2 N–H and O–H groups in total. The van der Waals surface area contributed by atoms with Crippen LogP contribution < -0.4 is 5.32 Å². The van der Waals surface area contributed by atoms with Crippen molar-refractivity contribution in [2.75, 3.05) is 18.4 Å². The van der Waals surface area contributed by atoms with Crippen LogP contribution in [0.4, 0.5) is 5.69 Å². The fourth-order valence-corrected chi connectivity index (χ4v) is 3.17. The Morgan fingerprint density at radius 3 is 2.67 bits per heavy atom. The SMILES string of the molecule is Cc1ccc(CN2CCCC2)cc1NCc1cccc(C(=O)O)c1. The number of aryl methyl sites for hydroxylation is 1. The molecule has 0 aliphatic carbocycles. The molecule has 1 aliphatic heterocycles. The number of rotatable bonds is 6. The molecule has 1 fully saturated rings. The molecule has 0 atom stereocenters. The third kappa shape index (κ3) is 4.15. The molecule has 24 heavy (non-hydrogen) atoms. The third-order valence-corrected chi connectivity index (χ3v) is 4.56. The first-order valence-corrected chi connectivity index (χ1v) is 8.50. The summed E-state index contributed by atoms with van der Waals surface area (Å²) in [6.45, 7) is 6.10. The van der Waals surface area contributed by atoms with Crippen molar-refractivity contribution in [3.8, 4) is 0 Å². The summed E-state index contributed by atoms with van der Waals surface area (Å²) in [6, 6.07) is 13.6. The summed E-state index contributed by atoms with van der Waals surface area (Å²) in [5, 5.41) is 12.5. The molecule has 3 rings (SSSR count). The van der Waals surface area contributed by atoms with Crippen LogP contribution in [-0.4, -0.2) is 29.1 Å². The molecule has 126 valence electrons. The molecule has 0 unspecified atom stereocenters. The fraction of sp³-hybridized carbons (Fsp3) is 0.350. The van der Waals surface area contributed by atoms with Crippen LogP contribution in [0.1, 0.15) is 39.9 Å². The predicted molar refractivity (Wildman–Crippen MR) is 96.4 cm³/mol. The molecular formula is C20H24N2O2. The number of hydrogen-bond acceptors (Lipinski definition) is 3. The highest BCUT2D eigenvalue weighted by Gasteiger charge is 2.12. The molecule has 1 aliphatic rings. The molecule has 0 spiro atoms. The molecule has 4 heteroatoms. The van der Waals surface area contributed by atoms with Gasteiger partial charge >= 0.3 is 5.97 Å². The Bertz CT molecular complexity index is 721. The number of carbonyl (C=O) groups is 1. The van der Waals surface area contributed by atoms with Gasteiger partial charge in [0.05, 0.1) is 5.56 Å². The molecular weight excluding hydrogens is 300 g/mol. The minimum absolute atomic E-state index is 0.328. The Balaban J connectivity index is 1.67. The van der Waals surface area contributed by atoms with E-state index >= 15 is 0 Å². The summed E-state index contributed by atoms with van der Waals surface area (Å²) < 4.78 is 0. The van der Waals surface area contributed by atoms with E-state index in [2.05, 4.69) is 35.3 Å². The van der Waals surface area contributed by atoms with E-state index < -0.39 is 5.97 Å². The van der Waals surface area contributed by atoms with E-state index in [-0.39, 0.29) is 0 Å². The van der Waals surface area contributed by atoms with Crippen molar-refractivity contribution in [1.29, 1.82) is 0 Å². The lowest BCUT2D eigenvalue weighted by Crippen LogP contribution is -2.18. The van der Waals surface area contributed by atoms with Crippen molar-refractivity contribution < 1.29 is 9.90 Å². The molecule has 4 nitrogen and oxygen atoms in total. The topological polar surface area (TPSA) is 52.6 Å². The van der Waals surface area contributed by atoms with E-state index in [4.69, 9.17) is 5.11 Å². The van der Waals surface area contributed by atoms with Crippen LogP contribution in [0.15, 0.2) is 42.5 Å². The third-order valence-electron chi connectivity index (χ3n) is 4.56. The zero-order valence-corrected chi connectivity index (χ0v) is 14.1. The van der Waals surface area contributed by atoms with Gasteiger partial charge in [-0.1, -0.05) is 24.3 Å². The Kier molecular flexibility index (Phi) is 5.16. The van der Waals surface area contributed by atoms with Gasteiger partial charge in [0.1, 0.15) is 0 Å². The Labute approximate surface area is 143 Å². The zero-order chi connectivity index (χ0) is 16.9. The summed E-state index contributed by atoms with van der Waals surface area (Å²) in [4.78, 5) is 13.6. The van der Waals surface area contributed by atoms with Crippen molar-refractivity contribution in [2.45, 2.75) is 32.9 Å². The van der Waals surface area contributed by atoms with Gasteiger partial charge in [-0.25, -0.2) is 4.79 Å². The highest BCUT2D eigenvalue weighted by atomic mass is 16.4. The van der Waals surface area contributed by atoms with Gasteiger partial charge in [-0.2, -0.15) is 0 Å². The van der Waals surface area contributed by atoms with Crippen molar-refractivity contribution >= 4 is 11.7 Å². The number of benzene rings is 2. The van der Waals surface area contributed by atoms with Crippen molar-refractivity contribution in [3.05, 3.63) is 64.7 Å². The molecule has 1 heterocycles. The number of carboxylic acid groups (broad SMARTS) is 1. The molecule has 0 bridgehead atoms. The normalized spacial score (nSPS) is 14.7. The van der Waals surface area contributed by atoms with Gasteiger partial charge in [0.15, 0.2) is 0 Å². The summed E-state index contributed by atoms with van der Waals surface area (Å²) in [6.07, 6.45) is 2.60. The van der Waals surface area contributed by atoms with Gasteiger partial charge in [0, 0.05) is 18.8 Å². The van der Waals surface area contributed by atoms with E-state index in [1.165, 1.54) is 37.1 Å². The van der Waals surface area contributed by atoms with Gasteiger partial charge in [-0.3, -0.25) is 4.90 Å². The van der Waals surface area contributed by atoms with Gasteiger partial charge < -0.3 is 10.4 Å². The number of likely N-dealkylation sites (tertiary alicyclic amines) is 1. The number of hydrogen-bond donors (Lipinski definition) is 2. The molecule has 2 aromatic rings. The lowest BCUT2D eigenvalue weighted by atomic mass is 10.1. The summed E-state index contributed by atoms with van der Waals surface area (Å²) >= 11 is 0. The van der Waals surface area contributed by atoms with Crippen molar-refractivity contribution in [2.24, 2.45) is 0 Å². The van der Waals surface area contributed by atoms with Crippen LogP contribution >= 0.6 is 0 Å². The number of nitrogens with zero attached hydrogens (tertiary/aromatic N) is 1. The van der Waals surface area contributed by atoms with Crippen molar-refractivity contribution in [3.63, 3.8) is 0 Å². The van der Waals surface area contributed by atoms with Crippen LogP contribution in [0.2, 0.25) is 0 Å². The molecule has 1 saturated heterocycles. The first-order valence-electron chi connectivity index (χ1n) is 8.50. The Morgan fingerprint density at radius 2 is 1.92 bits per heavy atom. The number of carboxylic acids is 1. The molecule has 0 radical (unpaired) electrons. The number of anilines is 1. The van der Waals surface area contributed by atoms with E-state index in [0.29, 0.717) is 12.1 Å². The summed E-state index contributed by atoms with van der Waals surface area (Å²) in [7, 11) is 0. The zero-order valence-electron chi connectivity index (χ0n) is 14.1. The minimum Gasteiger partial charge on any atom is -0.478 e. The average molecular weight is 324 g/mol. The molecule has 2 aromatic carbocycles. The second-order valence-electron chi connectivity index (χ2n) is 6.49. The highest BCUT2D eigenvalue weighted by Crippen LogP contribution is 2.21. The summed E-state index contributed by atoms with van der Waals surface area (Å²) in [5.74, 6) is -0.888. The standard InChI is InChI=1S/C20H24N2O2/c1-15-7-8-17(14-22-9-2-3-10-22)12-19(15)21-13-16-5-4-6-18(11-16)20(23)24/h4-8,11-12,21H,2-3,9-10,13-14H2,1H3,(H,23,24). The van der Waals surface area contributed by atoms with E-state index in [1.54, 1.807) is 18.2 Å². The van der Waals surface area contributed by atoms with E-state index in [0.717, 1.165) is 17.8 Å². The van der Waals surface area contributed by atoms with Gasteiger partial charge in [-0.05, 0) is 67.7 Å². The van der Waals surface area contributed by atoms with E-state index in [9.17, 15) is 4.79 Å². The van der Waals surface area contributed by atoms with Crippen LogP contribution in [0.3, 0.4) is 0 Å². The number of nitrogens with one attached hydrogen (secondary N) is 1. The summed E-state index contributed by atoms with van der Waals surface area (Å²) in [5.41, 5.74) is 4.94. The lowest BCUT2D eigenvalue weighted by molar-refractivity contribution is 0.0697. The van der Waals surface area contributed by atoms with Gasteiger partial charge in [0.25, 0.3) is 0 Å². The largest absolute Gasteiger partial charge is 0.478 e. The highest BCUT2D eigenvalue weighted by molar-refractivity contribution is 5.87. The average Bonchev–Trinajstić information content (AvgIpc) is 3.08. The Hall–Kier alpha value is -2.33. The monoisotopic (exact) mass is 324 g/mol. The molecule has 0 aromatic heterocycles. The molecule has 0 saturated carbocycles. The molecule has 0 amide bonds. The van der Waals surface area contributed by atoms with Gasteiger partial charge in [-0.15, -0.1) is 0 Å². The maximum atomic E-state index is 11.1. The first-order chi connectivity index (χ1) is 11.6. The minimum atomic E-state index is -0.888. The van der Waals surface area contributed by atoms with Crippen LogP contribution in [0.25, 0.3) is 0 Å². The predicted octanol–water partition coefficient (Wildman–Crippen LogP) is 3.90. The second-order valence-corrected chi connectivity index (χ2v) is 6.49. The van der Waals surface area contributed by atoms with E-state index in [1.807, 2.05) is 6.07 Å². The maximum Gasteiger partial charge on any atom is 0.335 e. The maximum absolute atomic E-state index is 11.1.